The number of hydrogen-bond donors (Lipinski definition) is 3. The van der Waals surface area contributed by atoms with Crippen LogP contribution < -0.4 is 21.5 Å². The zero-order valence-corrected chi connectivity index (χ0v) is 15.7. The lowest BCUT2D eigenvalue weighted by atomic mass is 9.73. The third kappa shape index (κ3) is 4.01. The van der Waals surface area contributed by atoms with Crippen molar-refractivity contribution < 1.29 is 19.1 Å². The number of pyridine rings is 1. The molecule has 0 aliphatic heterocycles. The Kier molecular flexibility index (Phi) is 5.45. The van der Waals surface area contributed by atoms with Crippen molar-refractivity contribution in [3.8, 4) is 5.75 Å². The summed E-state index contributed by atoms with van der Waals surface area (Å²) in [5, 5.41) is 2.68. The maximum absolute atomic E-state index is 12.4. The summed E-state index contributed by atoms with van der Waals surface area (Å²) in [6.07, 6.45) is 6.24. The summed E-state index contributed by atoms with van der Waals surface area (Å²) >= 11 is 0. The summed E-state index contributed by atoms with van der Waals surface area (Å²) in [5.74, 6) is -0.741. The van der Waals surface area contributed by atoms with Crippen molar-refractivity contribution >= 4 is 23.5 Å². The van der Waals surface area contributed by atoms with Crippen LogP contribution in [0.3, 0.4) is 0 Å². The molecule has 0 saturated carbocycles. The highest BCUT2D eigenvalue weighted by Crippen LogP contribution is 2.35. The van der Waals surface area contributed by atoms with Crippen LogP contribution in [0.1, 0.15) is 22.3 Å². The van der Waals surface area contributed by atoms with Gasteiger partial charge in [0.1, 0.15) is 11.6 Å². The van der Waals surface area contributed by atoms with Crippen molar-refractivity contribution in [3.63, 3.8) is 0 Å². The van der Waals surface area contributed by atoms with Gasteiger partial charge in [-0.3, -0.25) is 14.4 Å². The molecule has 0 fully saturated rings. The van der Waals surface area contributed by atoms with E-state index in [0.29, 0.717) is 28.3 Å². The summed E-state index contributed by atoms with van der Waals surface area (Å²) in [5.41, 5.74) is 11.0. The van der Waals surface area contributed by atoms with Crippen LogP contribution in [0.5, 0.6) is 5.75 Å². The molecule has 5 N–H and O–H groups in total. The number of hydrogen-bond acceptors (Lipinski definition) is 5. The molecule has 148 valence electrons. The summed E-state index contributed by atoms with van der Waals surface area (Å²) in [6, 6.07) is 9.90. The van der Waals surface area contributed by atoms with Crippen LogP contribution in [-0.2, 0) is 15.0 Å². The van der Waals surface area contributed by atoms with Gasteiger partial charge in [0.15, 0.2) is 0 Å². The van der Waals surface area contributed by atoms with E-state index in [1.165, 1.54) is 13.3 Å². The maximum Gasteiger partial charge on any atom is 0.256 e. The Hall–Kier alpha value is -3.94. The average Bonchev–Trinajstić information content (AvgIpc) is 2.74. The predicted molar refractivity (Wildman–Crippen MR) is 107 cm³/mol. The van der Waals surface area contributed by atoms with Gasteiger partial charge in [0, 0.05) is 17.3 Å². The third-order valence-corrected chi connectivity index (χ3v) is 4.76. The number of ether oxygens (including phenoxy) is 1. The third-order valence-electron chi connectivity index (χ3n) is 4.76. The molecule has 3 rings (SSSR count). The number of nitrogens with two attached hydrogens (primary N) is 2. The Morgan fingerprint density at radius 2 is 1.97 bits per heavy atom. The van der Waals surface area contributed by atoms with Gasteiger partial charge in [-0.05, 0) is 36.2 Å². The van der Waals surface area contributed by atoms with E-state index in [0.717, 1.165) is 0 Å². The van der Waals surface area contributed by atoms with Crippen molar-refractivity contribution in [2.75, 3.05) is 12.4 Å². The van der Waals surface area contributed by atoms with Gasteiger partial charge in [0.2, 0.25) is 11.8 Å². The zero-order valence-electron chi connectivity index (χ0n) is 15.7. The molecule has 1 heterocycles. The second kappa shape index (κ2) is 7.97. The molecule has 1 unspecified atom stereocenters. The predicted octanol–water partition coefficient (Wildman–Crippen LogP) is 1.44. The Morgan fingerprint density at radius 3 is 2.59 bits per heavy atom. The summed E-state index contributed by atoms with van der Waals surface area (Å²) < 4.78 is 5.11. The van der Waals surface area contributed by atoms with Crippen LogP contribution in [0.15, 0.2) is 66.4 Å². The normalized spacial score (nSPS) is 17.9. The molecule has 29 heavy (non-hydrogen) atoms. The first kappa shape index (κ1) is 19.8. The Labute approximate surface area is 167 Å². The minimum atomic E-state index is -1.23. The van der Waals surface area contributed by atoms with Gasteiger partial charge in [0.25, 0.3) is 5.91 Å². The molecule has 8 nitrogen and oxygen atoms in total. The fourth-order valence-electron chi connectivity index (χ4n) is 3.11. The minimum absolute atomic E-state index is 0.0470. The smallest absolute Gasteiger partial charge is 0.256 e. The Bertz CT molecular complexity index is 1030. The molecule has 0 spiro atoms. The Morgan fingerprint density at radius 1 is 1.17 bits per heavy atom. The van der Waals surface area contributed by atoms with E-state index in [9.17, 15) is 14.4 Å². The topological polar surface area (TPSA) is 137 Å². The van der Waals surface area contributed by atoms with Crippen LogP contribution in [0.4, 0.5) is 5.82 Å². The van der Waals surface area contributed by atoms with Gasteiger partial charge >= 0.3 is 0 Å². The van der Waals surface area contributed by atoms with Crippen LogP contribution in [0.2, 0.25) is 0 Å². The van der Waals surface area contributed by atoms with Gasteiger partial charge < -0.3 is 21.5 Å². The lowest BCUT2D eigenvalue weighted by Crippen LogP contribution is -2.42. The number of amides is 3. The van der Waals surface area contributed by atoms with Crippen molar-refractivity contribution in [2.45, 2.75) is 11.8 Å². The second-order valence-electron chi connectivity index (χ2n) is 6.55. The number of aromatic nitrogens is 1. The number of methoxy groups -OCH3 is 1. The lowest BCUT2D eigenvalue weighted by molar-refractivity contribution is -0.122. The van der Waals surface area contributed by atoms with Gasteiger partial charge in [-0.1, -0.05) is 30.4 Å². The summed E-state index contributed by atoms with van der Waals surface area (Å²) in [4.78, 5) is 40.4. The molecule has 8 heteroatoms. The second-order valence-corrected chi connectivity index (χ2v) is 6.55. The van der Waals surface area contributed by atoms with E-state index in [1.54, 1.807) is 54.6 Å². The fourth-order valence-corrected chi connectivity index (χ4v) is 3.11. The molecule has 0 bridgehead atoms. The van der Waals surface area contributed by atoms with Crippen molar-refractivity contribution in [3.05, 3.63) is 77.5 Å². The van der Waals surface area contributed by atoms with Gasteiger partial charge in [-0.25, -0.2) is 4.98 Å². The summed E-state index contributed by atoms with van der Waals surface area (Å²) in [6.45, 7) is 0. The number of carbonyl (C=O) groups is 3. The molecule has 0 saturated heterocycles. The molecule has 2 aromatic rings. The number of nitrogens with zero attached hydrogens (tertiary/aromatic N) is 1. The number of primary amides is 2. The van der Waals surface area contributed by atoms with E-state index < -0.39 is 17.2 Å². The first-order chi connectivity index (χ1) is 13.9. The number of benzene rings is 1. The maximum atomic E-state index is 12.4. The largest absolute Gasteiger partial charge is 0.497 e. The van der Waals surface area contributed by atoms with E-state index in [2.05, 4.69) is 10.3 Å². The highest BCUT2D eigenvalue weighted by molar-refractivity contribution is 6.04. The van der Waals surface area contributed by atoms with Gasteiger partial charge in [-0.15, -0.1) is 0 Å². The molecule has 1 aromatic carbocycles. The zero-order chi connectivity index (χ0) is 21.0. The molecular weight excluding hydrogens is 372 g/mol. The number of nitrogens with one attached hydrogen (secondary N) is 1. The SMILES string of the molecule is COc1cccc(C(=O)Nc2ccc(C3(C(N)=O)C=CC=C(C(N)=O)C3)cn2)c1. The highest BCUT2D eigenvalue weighted by atomic mass is 16.5. The van der Waals surface area contributed by atoms with Crippen molar-refractivity contribution in [1.82, 2.24) is 4.98 Å². The van der Waals surface area contributed by atoms with Crippen molar-refractivity contribution in [1.29, 1.82) is 0 Å². The summed E-state index contributed by atoms with van der Waals surface area (Å²) in [7, 11) is 1.52. The number of carbonyl (C=O) groups excluding carboxylic acids is 3. The van der Waals surface area contributed by atoms with Crippen LogP contribution in [0.25, 0.3) is 0 Å². The van der Waals surface area contributed by atoms with Crippen LogP contribution in [0, 0.1) is 0 Å². The molecule has 1 aliphatic carbocycles. The Balaban J connectivity index is 1.82. The number of rotatable bonds is 6. The van der Waals surface area contributed by atoms with Gasteiger partial charge in [-0.2, -0.15) is 0 Å². The molecular formula is C21H20N4O4. The molecule has 1 aliphatic rings. The van der Waals surface area contributed by atoms with Gasteiger partial charge in [0.05, 0.1) is 12.5 Å². The molecule has 1 aromatic heterocycles. The van der Waals surface area contributed by atoms with E-state index >= 15 is 0 Å². The molecule has 3 amide bonds. The van der Waals surface area contributed by atoms with E-state index in [-0.39, 0.29) is 12.3 Å². The first-order valence-electron chi connectivity index (χ1n) is 8.76. The van der Waals surface area contributed by atoms with E-state index in [1.807, 2.05) is 0 Å². The highest BCUT2D eigenvalue weighted by Gasteiger charge is 2.39. The molecule has 1 atom stereocenters. The first-order valence-corrected chi connectivity index (χ1v) is 8.76. The number of anilines is 1. The monoisotopic (exact) mass is 392 g/mol. The standard InChI is InChI=1S/C21H20N4O4/c1-29-16-6-2-4-13(10-16)19(27)25-17-8-7-15(12-24-17)21(20(23)28)9-3-5-14(11-21)18(22)26/h2-10,12H,11H2,1H3,(H2,22,26)(H2,23,28)(H,24,25,27). The number of allylic oxidation sites excluding steroid dienone is 2. The average molecular weight is 392 g/mol. The lowest BCUT2D eigenvalue weighted by Gasteiger charge is -2.30. The quantitative estimate of drug-likeness (QED) is 0.683. The van der Waals surface area contributed by atoms with Crippen molar-refractivity contribution in [2.24, 2.45) is 11.5 Å². The fraction of sp³-hybridized carbons (Fsp3) is 0.143. The minimum Gasteiger partial charge on any atom is -0.497 e. The van der Waals surface area contributed by atoms with Crippen LogP contribution in [-0.4, -0.2) is 29.8 Å². The van der Waals surface area contributed by atoms with E-state index in [4.69, 9.17) is 16.2 Å². The van der Waals surface area contributed by atoms with Crippen LogP contribution >= 0.6 is 0 Å². The molecule has 0 radical (unpaired) electrons.